The van der Waals surface area contributed by atoms with Crippen molar-refractivity contribution in [1.82, 2.24) is 4.90 Å². The van der Waals surface area contributed by atoms with Crippen LogP contribution in [0.5, 0.6) is 11.5 Å². The second kappa shape index (κ2) is 6.96. The van der Waals surface area contributed by atoms with Crippen LogP contribution < -0.4 is 9.47 Å². The number of nitrogens with zero attached hydrogens (tertiary/aromatic N) is 1. The fraction of sp³-hybridized carbons (Fsp3) is 0.571. The van der Waals surface area contributed by atoms with E-state index in [9.17, 15) is 22.0 Å². The Balaban J connectivity index is 2.13. The van der Waals surface area contributed by atoms with Gasteiger partial charge in [0.05, 0.1) is 17.2 Å². The molecule has 130 valence electrons. The van der Waals surface area contributed by atoms with Gasteiger partial charge in [-0.15, -0.1) is 0 Å². The Bertz CT molecular complexity index is 565. The molecule has 0 spiro atoms. The summed E-state index contributed by atoms with van der Waals surface area (Å²) in [5, 5.41) is 0. The fourth-order valence-corrected chi connectivity index (χ4v) is 3.18. The predicted octanol–water partition coefficient (Wildman–Crippen LogP) is 4.08. The summed E-state index contributed by atoms with van der Waals surface area (Å²) in [6, 6.07) is 3.13. The van der Waals surface area contributed by atoms with Gasteiger partial charge in [0.1, 0.15) is 0 Å². The summed E-state index contributed by atoms with van der Waals surface area (Å²) in [5.74, 6) is -2.53. The first-order valence-corrected chi connectivity index (χ1v) is 7.84. The Labute approximate surface area is 143 Å². The molecule has 1 aromatic carbocycles. The van der Waals surface area contributed by atoms with E-state index in [1.165, 1.54) is 13.2 Å². The van der Waals surface area contributed by atoms with E-state index in [-0.39, 0.29) is 37.6 Å². The van der Waals surface area contributed by atoms with Gasteiger partial charge < -0.3 is 9.47 Å². The largest absolute Gasteiger partial charge is 0.493 e. The first kappa shape index (κ1) is 18.5. The molecular formula is C14H15F5INO2. The lowest BCUT2D eigenvalue weighted by atomic mass is 10.2. The van der Waals surface area contributed by atoms with Crippen molar-refractivity contribution in [2.45, 2.75) is 25.1 Å². The van der Waals surface area contributed by atoms with Crippen LogP contribution in [0.4, 0.5) is 22.0 Å². The highest BCUT2D eigenvalue weighted by Crippen LogP contribution is 2.36. The van der Waals surface area contributed by atoms with Crippen molar-refractivity contribution in [3.63, 3.8) is 0 Å². The predicted molar refractivity (Wildman–Crippen MR) is 82.1 cm³/mol. The minimum atomic E-state index is -4.45. The molecule has 3 nitrogen and oxygen atoms in total. The van der Waals surface area contributed by atoms with Gasteiger partial charge >= 0.3 is 6.18 Å². The summed E-state index contributed by atoms with van der Waals surface area (Å²) in [4.78, 5) is 1.60. The standard InChI is InChI=1S/C14H15F5INO2/c1-22-11-5-9(6-21-3-2-13(15,16)7-21)4-10(20)12(11)23-8-14(17,18)19/h4-5H,2-3,6-8H2,1H3. The number of alkyl halides is 5. The van der Waals surface area contributed by atoms with E-state index in [0.717, 1.165) is 0 Å². The van der Waals surface area contributed by atoms with Gasteiger partial charge in [0.25, 0.3) is 5.92 Å². The highest BCUT2D eigenvalue weighted by atomic mass is 127. The second-order valence-corrected chi connectivity index (χ2v) is 6.49. The van der Waals surface area contributed by atoms with Gasteiger partial charge in [-0.3, -0.25) is 4.90 Å². The van der Waals surface area contributed by atoms with Crippen LogP contribution in [0.3, 0.4) is 0 Å². The fourth-order valence-electron chi connectivity index (χ4n) is 2.36. The molecular weight excluding hydrogens is 436 g/mol. The number of ether oxygens (including phenoxy) is 2. The maximum Gasteiger partial charge on any atom is 0.422 e. The first-order valence-electron chi connectivity index (χ1n) is 6.76. The lowest BCUT2D eigenvalue weighted by Gasteiger charge is -2.19. The zero-order chi connectivity index (χ0) is 17.3. The average Bonchev–Trinajstić information content (AvgIpc) is 2.75. The molecule has 1 aromatic rings. The van der Waals surface area contributed by atoms with Crippen LogP contribution in [0.15, 0.2) is 12.1 Å². The maximum absolute atomic E-state index is 13.2. The van der Waals surface area contributed by atoms with Crippen LogP contribution in [0.1, 0.15) is 12.0 Å². The Morgan fingerprint density at radius 3 is 2.52 bits per heavy atom. The molecule has 0 aliphatic carbocycles. The average molecular weight is 451 g/mol. The Kier molecular flexibility index (Phi) is 5.59. The van der Waals surface area contributed by atoms with E-state index < -0.39 is 18.7 Å². The molecule has 1 aliphatic rings. The molecule has 0 aromatic heterocycles. The highest BCUT2D eigenvalue weighted by Gasteiger charge is 2.38. The van der Waals surface area contributed by atoms with Gasteiger partial charge in [-0.1, -0.05) is 0 Å². The zero-order valence-electron chi connectivity index (χ0n) is 12.2. The molecule has 9 heteroatoms. The van der Waals surface area contributed by atoms with E-state index in [1.54, 1.807) is 11.0 Å². The maximum atomic E-state index is 13.2. The van der Waals surface area contributed by atoms with Gasteiger partial charge in [-0.05, 0) is 40.3 Å². The van der Waals surface area contributed by atoms with Gasteiger partial charge in [0.15, 0.2) is 18.1 Å². The number of hydrogen-bond acceptors (Lipinski definition) is 3. The van der Waals surface area contributed by atoms with E-state index in [2.05, 4.69) is 0 Å². The number of methoxy groups -OCH3 is 1. The lowest BCUT2D eigenvalue weighted by molar-refractivity contribution is -0.153. The van der Waals surface area contributed by atoms with Crippen LogP contribution in [-0.2, 0) is 6.54 Å². The van der Waals surface area contributed by atoms with Crippen molar-refractivity contribution in [2.24, 2.45) is 0 Å². The molecule has 0 unspecified atom stereocenters. The number of likely N-dealkylation sites (tertiary alicyclic amines) is 1. The van der Waals surface area contributed by atoms with Crippen LogP contribution in [-0.4, -0.2) is 43.8 Å². The molecule has 0 bridgehead atoms. The van der Waals surface area contributed by atoms with Gasteiger partial charge in [0.2, 0.25) is 0 Å². The topological polar surface area (TPSA) is 21.7 Å². The van der Waals surface area contributed by atoms with E-state index in [4.69, 9.17) is 9.47 Å². The smallest absolute Gasteiger partial charge is 0.422 e. The minimum Gasteiger partial charge on any atom is -0.493 e. The molecule has 0 N–H and O–H groups in total. The molecule has 23 heavy (non-hydrogen) atoms. The third-order valence-corrected chi connectivity index (χ3v) is 4.13. The summed E-state index contributed by atoms with van der Waals surface area (Å²) >= 11 is 1.84. The zero-order valence-corrected chi connectivity index (χ0v) is 14.4. The van der Waals surface area contributed by atoms with Gasteiger partial charge in [-0.2, -0.15) is 13.2 Å². The monoisotopic (exact) mass is 451 g/mol. The molecule has 0 atom stereocenters. The van der Waals surface area contributed by atoms with E-state index in [0.29, 0.717) is 9.13 Å². The van der Waals surface area contributed by atoms with Crippen LogP contribution >= 0.6 is 22.6 Å². The summed E-state index contributed by atoms with van der Waals surface area (Å²) < 4.78 is 73.6. The number of halogens is 6. The second-order valence-electron chi connectivity index (χ2n) is 5.33. The normalized spacial score (nSPS) is 18.2. The summed E-state index contributed by atoms with van der Waals surface area (Å²) in [6.45, 7) is -1.19. The highest BCUT2D eigenvalue weighted by molar-refractivity contribution is 14.1. The molecule has 2 rings (SSSR count). The molecule has 0 amide bonds. The summed E-state index contributed by atoms with van der Waals surface area (Å²) in [7, 11) is 1.32. The molecule has 1 heterocycles. The molecule has 0 saturated carbocycles. The quantitative estimate of drug-likeness (QED) is 0.498. The van der Waals surface area contributed by atoms with Crippen LogP contribution in [0.25, 0.3) is 0 Å². The van der Waals surface area contributed by atoms with Crippen molar-refractivity contribution in [1.29, 1.82) is 0 Å². The van der Waals surface area contributed by atoms with Crippen molar-refractivity contribution >= 4 is 22.6 Å². The number of benzene rings is 1. The first-order chi connectivity index (χ1) is 10.6. The van der Waals surface area contributed by atoms with Crippen molar-refractivity contribution in [2.75, 3.05) is 26.8 Å². The van der Waals surface area contributed by atoms with E-state index >= 15 is 0 Å². The van der Waals surface area contributed by atoms with Gasteiger partial charge in [-0.25, -0.2) is 8.78 Å². The minimum absolute atomic E-state index is 0.000858. The number of hydrogen-bond donors (Lipinski definition) is 0. The van der Waals surface area contributed by atoms with Crippen molar-refractivity contribution < 1.29 is 31.4 Å². The van der Waals surface area contributed by atoms with Crippen LogP contribution in [0.2, 0.25) is 0 Å². The summed E-state index contributed by atoms with van der Waals surface area (Å²) in [6.07, 6.45) is -4.64. The molecule has 1 saturated heterocycles. The SMILES string of the molecule is COc1cc(CN2CCC(F)(F)C2)cc(I)c1OCC(F)(F)F. The van der Waals surface area contributed by atoms with Crippen LogP contribution in [0, 0.1) is 3.57 Å². The molecule has 0 radical (unpaired) electrons. The third-order valence-electron chi connectivity index (χ3n) is 3.32. The lowest BCUT2D eigenvalue weighted by Crippen LogP contribution is -2.25. The van der Waals surface area contributed by atoms with E-state index in [1.807, 2.05) is 22.6 Å². The number of rotatable bonds is 5. The van der Waals surface area contributed by atoms with Gasteiger partial charge in [0, 0.05) is 19.5 Å². The Morgan fingerprint density at radius 2 is 2.00 bits per heavy atom. The third kappa shape index (κ3) is 5.33. The molecule has 1 fully saturated rings. The molecule has 1 aliphatic heterocycles. The Hall–Kier alpha value is -0.840. The van der Waals surface area contributed by atoms with Crippen molar-refractivity contribution in [3.8, 4) is 11.5 Å². The van der Waals surface area contributed by atoms with Crippen molar-refractivity contribution in [3.05, 3.63) is 21.3 Å². The summed E-state index contributed by atoms with van der Waals surface area (Å²) in [5.41, 5.74) is 0.684. The Morgan fingerprint density at radius 1 is 1.30 bits per heavy atom.